The Kier molecular flexibility index (Phi) is 11.1. The van der Waals surface area contributed by atoms with Gasteiger partial charge in [0.1, 0.15) is 0 Å². The lowest BCUT2D eigenvalue weighted by molar-refractivity contribution is -0.137. The van der Waals surface area contributed by atoms with E-state index in [9.17, 15) is 13.2 Å². The van der Waals surface area contributed by atoms with Crippen LogP contribution in [-0.2, 0) is 17.5 Å². The molecule has 1 aromatic rings. The van der Waals surface area contributed by atoms with Crippen LogP contribution in [-0.4, -0.2) is 56.8 Å². The number of ether oxygens (including phenoxy) is 1. The normalized spacial score (nSPS) is 18.0. The Hall–Kier alpha value is -1.07. The summed E-state index contributed by atoms with van der Waals surface area (Å²) in [5.74, 6) is 0.677. The molecule has 1 fully saturated rings. The number of benzene rings is 1. The Bertz CT molecular complexity index is 596. The zero-order valence-corrected chi connectivity index (χ0v) is 18.7. The van der Waals surface area contributed by atoms with Crippen LogP contribution in [0.15, 0.2) is 29.3 Å². The number of likely N-dealkylation sites (tertiary alicyclic amines) is 1. The molecule has 2 N–H and O–H groups in total. The molecule has 0 amide bonds. The summed E-state index contributed by atoms with van der Waals surface area (Å²) in [5.41, 5.74) is 0.0976. The molecule has 0 aromatic heterocycles. The van der Waals surface area contributed by atoms with Gasteiger partial charge in [0.05, 0.1) is 18.7 Å². The first kappa shape index (κ1) is 25.0. The molecule has 0 saturated carbocycles. The zero-order valence-electron chi connectivity index (χ0n) is 16.4. The van der Waals surface area contributed by atoms with Gasteiger partial charge in [-0.15, -0.1) is 24.0 Å². The number of hydrogen-bond acceptors (Lipinski definition) is 3. The zero-order chi connectivity index (χ0) is 19.7. The largest absolute Gasteiger partial charge is 0.416 e. The Balaban J connectivity index is 0.00000392. The van der Waals surface area contributed by atoms with Crippen molar-refractivity contribution >= 4 is 29.9 Å². The van der Waals surface area contributed by atoms with E-state index in [-0.39, 0.29) is 24.0 Å². The quantitative estimate of drug-likeness (QED) is 0.317. The third-order valence-corrected chi connectivity index (χ3v) is 4.63. The smallest absolute Gasteiger partial charge is 0.383 e. The Morgan fingerprint density at radius 1 is 1.25 bits per heavy atom. The predicted molar refractivity (Wildman–Crippen MR) is 116 cm³/mol. The van der Waals surface area contributed by atoms with Gasteiger partial charge in [0.25, 0.3) is 0 Å². The summed E-state index contributed by atoms with van der Waals surface area (Å²) < 4.78 is 43.1. The van der Waals surface area contributed by atoms with Gasteiger partial charge in [-0.3, -0.25) is 4.90 Å². The fourth-order valence-corrected chi connectivity index (χ4v) is 3.15. The van der Waals surface area contributed by atoms with Crippen LogP contribution >= 0.6 is 24.0 Å². The van der Waals surface area contributed by atoms with E-state index in [1.807, 2.05) is 6.92 Å². The van der Waals surface area contributed by atoms with Crippen molar-refractivity contribution in [2.45, 2.75) is 38.5 Å². The molecule has 0 radical (unpaired) electrons. The van der Waals surface area contributed by atoms with Gasteiger partial charge < -0.3 is 15.4 Å². The van der Waals surface area contributed by atoms with Gasteiger partial charge in [0.15, 0.2) is 5.96 Å². The summed E-state index contributed by atoms with van der Waals surface area (Å²) in [7, 11) is 1.71. The van der Waals surface area contributed by atoms with Crippen LogP contribution in [0.1, 0.15) is 30.9 Å². The monoisotopic (exact) mass is 514 g/mol. The summed E-state index contributed by atoms with van der Waals surface area (Å²) in [4.78, 5) is 6.91. The van der Waals surface area contributed by atoms with Crippen LogP contribution in [0, 0.1) is 0 Å². The third-order valence-electron chi connectivity index (χ3n) is 4.63. The van der Waals surface area contributed by atoms with E-state index in [1.165, 1.54) is 18.6 Å². The average molecular weight is 514 g/mol. The molecular weight excluding hydrogens is 484 g/mol. The van der Waals surface area contributed by atoms with Crippen LogP contribution in [0.2, 0.25) is 0 Å². The fraction of sp³-hybridized carbons (Fsp3) is 0.632. The summed E-state index contributed by atoms with van der Waals surface area (Å²) >= 11 is 0. The SMILES string of the molecule is CCNC(=NCc1ccc(C(F)(F)F)cc1)NCC1CCCN1CCOC.I. The molecule has 5 nitrogen and oxygen atoms in total. The van der Waals surface area contributed by atoms with Gasteiger partial charge in [-0.1, -0.05) is 12.1 Å². The molecule has 2 rings (SSSR count). The summed E-state index contributed by atoms with van der Waals surface area (Å²) in [6, 6.07) is 5.57. The van der Waals surface area contributed by atoms with Crippen molar-refractivity contribution in [3.63, 3.8) is 0 Å². The average Bonchev–Trinajstić information content (AvgIpc) is 3.09. The van der Waals surface area contributed by atoms with E-state index >= 15 is 0 Å². The topological polar surface area (TPSA) is 48.9 Å². The molecule has 9 heteroatoms. The van der Waals surface area contributed by atoms with Gasteiger partial charge in [-0.25, -0.2) is 4.99 Å². The number of halogens is 4. The second kappa shape index (κ2) is 12.5. The number of guanidine groups is 1. The van der Waals surface area contributed by atoms with Crippen molar-refractivity contribution in [3.05, 3.63) is 35.4 Å². The standard InChI is InChI=1S/C19H29F3N4O.HI/c1-3-23-18(25-14-17-5-4-10-26(17)11-12-27-2)24-13-15-6-8-16(9-7-15)19(20,21)22;/h6-9,17H,3-5,10-14H2,1-2H3,(H2,23,24,25);1H. The maximum Gasteiger partial charge on any atom is 0.416 e. The molecule has 160 valence electrons. The van der Waals surface area contributed by atoms with Crippen molar-refractivity contribution in [3.8, 4) is 0 Å². The molecule has 0 bridgehead atoms. The van der Waals surface area contributed by atoms with Crippen LogP contribution in [0.3, 0.4) is 0 Å². The summed E-state index contributed by atoms with van der Waals surface area (Å²) in [6.45, 7) is 6.52. The molecule has 1 aliphatic heterocycles. The second-order valence-electron chi connectivity index (χ2n) is 6.60. The van der Waals surface area contributed by atoms with E-state index in [0.717, 1.165) is 56.9 Å². The van der Waals surface area contributed by atoms with Gasteiger partial charge in [-0.2, -0.15) is 13.2 Å². The lowest BCUT2D eigenvalue weighted by Gasteiger charge is -2.25. The molecule has 28 heavy (non-hydrogen) atoms. The van der Waals surface area contributed by atoms with E-state index in [0.29, 0.717) is 18.5 Å². The fourth-order valence-electron chi connectivity index (χ4n) is 3.15. The Morgan fingerprint density at radius 2 is 1.96 bits per heavy atom. The van der Waals surface area contributed by atoms with Crippen molar-refractivity contribution < 1.29 is 17.9 Å². The van der Waals surface area contributed by atoms with Gasteiger partial charge in [0.2, 0.25) is 0 Å². The first-order valence-electron chi connectivity index (χ1n) is 9.35. The number of aliphatic imine (C=N–C) groups is 1. The summed E-state index contributed by atoms with van der Waals surface area (Å²) in [6.07, 6.45) is -2.00. The number of nitrogens with one attached hydrogen (secondary N) is 2. The predicted octanol–water partition coefficient (Wildman–Crippen LogP) is 3.49. The lowest BCUT2D eigenvalue weighted by atomic mass is 10.1. The third kappa shape index (κ3) is 8.12. The first-order chi connectivity index (χ1) is 12.9. The van der Waals surface area contributed by atoms with E-state index in [2.05, 4.69) is 20.5 Å². The number of alkyl halides is 3. The molecule has 1 saturated heterocycles. The van der Waals surface area contributed by atoms with Gasteiger partial charge in [0, 0.05) is 32.8 Å². The Labute approximate surface area is 182 Å². The van der Waals surface area contributed by atoms with Crippen LogP contribution in [0.4, 0.5) is 13.2 Å². The molecule has 1 aliphatic rings. The molecule has 0 aliphatic carbocycles. The van der Waals surface area contributed by atoms with Crippen molar-refractivity contribution in [2.24, 2.45) is 4.99 Å². The minimum Gasteiger partial charge on any atom is -0.383 e. The van der Waals surface area contributed by atoms with E-state index in [4.69, 9.17) is 4.74 Å². The molecule has 0 spiro atoms. The van der Waals surface area contributed by atoms with Crippen molar-refractivity contribution in [1.29, 1.82) is 0 Å². The number of rotatable bonds is 8. The van der Waals surface area contributed by atoms with Crippen molar-refractivity contribution in [1.82, 2.24) is 15.5 Å². The minimum atomic E-state index is -4.31. The van der Waals surface area contributed by atoms with E-state index in [1.54, 1.807) is 7.11 Å². The van der Waals surface area contributed by atoms with Crippen LogP contribution in [0.5, 0.6) is 0 Å². The maximum absolute atomic E-state index is 12.6. The minimum absolute atomic E-state index is 0. The van der Waals surface area contributed by atoms with Crippen LogP contribution in [0.25, 0.3) is 0 Å². The number of nitrogens with zero attached hydrogens (tertiary/aromatic N) is 2. The maximum atomic E-state index is 12.6. The highest BCUT2D eigenvalue weighted by atomic mass is 127. The first-order valence-corrected chi connectivity index (χ1v) is 9.35. The highest BCUT2D eigenvalue weighted by Crippen LogP contribution is 2.29. The van der Waals surface area contributed by atoms with E-state index < -0.39 is 11.7 Å². The highest BCUT2D eigenvalue weighted by Gasteiger charge is 2.29. The molecule has 1 heterocycles. The molecule has 1 unspecified atom stereocenters. The second-order valence-corrected chi connectivity index (χ2v) is 6.60. The lowest BCUT2D eigenvalue weighted by Crippen LogP contribution is -2.45. The molecule has 1 aromatic carbocycles. The van der Waals surface area contributed by atoms with Crippen LogP contribution < -0.4 is 10.6 Å². The van der Waals surface area contributed by atoms with Gasteiger partial charge >= 0.3 is 6.18 Å². The molecular formula is C19H30F3IN4O. The van der Waals surface area contributed by atoms with Gasteiger partial charge in [-0.05, 0) is 44.0 Å². The number of hydrogen-bond donors (Lipinski definition) is 2. The highest BCUT2D eigenvalue weighted by molar-refractivity contribution is 14.0. The summed E-state index contributed by atoms with van der Waals surface area (Å²) in [5, 5.41) is 6.54. The van der Waals surface area contributed by atoms with Crippen molar-refractivity contribution in [2.75, 3.05) is 39.9 Å². The number of methoxy groups -OCH3 is 1. The Morgan fingerprint density at radius 3 is 2.57 bits per heavy atom. The molecule has 1 atom stereocenters.